The minimum Gasteiger partial charge on any atom is -0.295 e. The van der Waals surface area contributed by atoms with Crippen molar-refractivity contribution in [2.45, 2.75) is 20.8 Å². The highest BCUT2D eigenvalue weighted by Gasteiger charge is 2.12. The SMILES string of the molecule is C=c1[nH]n(-c2ccc(C)cc2)c(=O)/c1=C\c1c(C)[nH]n(-c2ccc(C)cc2)c1=O. The van der Waals surface area contributed by atoms with Crippen molar-refractivity contribution in [2.24, 2.45) is 0 Å². The summed E-state index contributed by atoms with van der Waals surface area (Å²) in [6.45, 7) is 9.74. The van der Waals surface area contributed by atoms with Gasteiger partial charge in [-0.1, -0.05) is 42.0 Å². The maximum absolute atomic E-state index is 13.0. The molecule has 2 N–H and O–H groups in total. The number of benzene rings is 2. The molecule has 0 saturated heterocycles. The molecule has 0 bridgehead atoms. The van der Waals surface area contributed by atoms with E-state index >= 15 is 0 Å². The number of aromatic amines is 2. The van der Waals surface area contributed by atoms with Crippen LogP contribution in [0, 0.1) is 20.8 Å². The summed E-state index contributed by atoms with van der Waals surface area (Å²) in [7, 11) is 0. The summed E-state index contributed by atoms with van der Waals surface area (Å²) in [5, 5.41) is 6.90. The van der Waals surface area contributed by atoms with Crippen molar-refractivity contribution >= 4 is 12.7 Å². The number of aryl methyl sites for hydroxylation is 3. The van der Waals surface area contributed by atoms with Gasteiger partial charge in [-0.15, -0.1) is 0 Å². The first-order chi connectivity index (χ1) is 13.8. The van der Waals surface area contributed by atoms with E-state index < -0.39 is 0 Å². The van der Waals surface area contributed by atoms with Crippen LogP contribution in [0.25, 0.3) is 24.0 Å². The number of nitrogens with one attached hydrogen (secondary N) is 2. The van der Waals surface area contributed by atoms with Gasteiger partial charge in [0, 0.05) is 5.69 Å². The molecule has 0 fully saturated rings. The molecule has 0 saturated carbocycles. The molecule has 2 aromatic heterocycles. The van der Waals surface area contributed by atoms with Gasteiger partial charge in [-0.05, 0) is 51.1 Å². The van der Waals surface area contributed by atoms with Gasteiger partial charge in [0.05, 0.1) is 27.5 Å². The van der Waals surface area contributed by atoms with E-state index in [1.807, 2.05) is 69.3 Å². The summed E-state index contributed by atoms with van der Waals surface area (Å²) in [4.78, 5) is 25.9. The van der Waals surface area contributed by atoms with Gasteiger partial charge < -0.3 is 0 Å². The molecule has 0 aliphatic rings. The molecule has 0 amide bonds. The lowest BCUT2D eigenvalue weighted by atomic mass is 10.2. The molecule has 0 unspecified atom stereocenters. The highest BCUT2D eigenvalue weighted by molar-refractivity contribution is 5.52. The molecule has 0 atom stereocenters. The molecule has 4 rings (SSSR count). The van der Waals surface area contributed by atoms with Crippen LogP contribution in [0.1, 0.15) is 22.4 Å². The van der Waals surface area contributed by atoms with Crippen LogP contribution < -0.4 is 21.7 Å². The van der Waals surface area contributed by atoms with Crippen LogP contribution in [0.15, 0.2) is 58.1 Å². The van der Waals surface area contributed by atoms with Crippen LogP contribution in [0.5, 0.6) is 0 Å². The summed E-state index contributed by atoms with van der Waals surface area (Å²) in [5.41, 5.74) is 4.32. The van der Waals surface area contributed by atoms with E-state index in [0.29, 0.717) is 27.5 Å². The Hall–Kier alpha value is -3.80. The number of hydrogen-bond acceptors (Lipinski definition) is 2. The minimum absolute atomic E-state index is 0.215. The molecule has 6 nitrogen and oxygen atoms in total. The van der Waals surface area contributed by atoms with Gasteiger partial charge in [0.2, 0.25) is 0 Å². The third-order valence-corrected chi connectivity index (χ3v) is 5.00. The lowest BCUT2D eigenvalue weighted by molar-refractivity contribution is 0.835. The summed E-state index contributed by atoms with van der Waals surface area (Å²) in [6, 6.07) is 15.2. The molecule has 146 valence electrons. The van der Waals surface area contributed by atoms with Crippen molar-refractivity contribution in [3.8, 4) is 11.4 Å². The summed E-state index contributed by atoms with van der Waals surface area (Å²) in [5.74, 6) is 0. The Balaban J connectivity index is 1.87. The van der Waals surface area contributed by atoms with E-state index in [4.69, 9.17) is 0 Å². The zero-order chi connectivity index (χ0) is 20.7. The van der Waals surface area contributed by atoms with E-state index in [0.717, 1.165) is 16.8 Å². The van der Waals surface area contributed by atoms with E-state index in [1.165, 1.54) is 9.36 Å². The maximum atomic E-state index is 13.0. The topological polar surface area (TPSA) is 75.6 Å². The van der Waals surface area contributed by atoms with E-state index in [9.17, 15) is 9.59 Å². The number of rotatable bonds is 3. The van der Waals surface area contributed by atoms with Crippen LogP contribution in [0.3, 0.4) is 0 Å². The predicted molar refractivity (Wildman–Crippen MR) is 115 cm³/mol. The lowest BCUT2D eigenvalue weighted by Gasteiger charge is -2.01. The number of hydrogen-bond donors (Lipinski definition) is 2. The molecule has 2 heterocycles. The second-order valence-corrected chi connectivity index (χ2v) is 7.25. The molecule has 0 aliphatic heterocycles. The average molecular weight is 386 g/mol. The van der Waals surface area contributed by atoms with E-state index in [1.54, 1.807) is 6.08 Å². The number of H-pyrrole nitrogens is 2. The minimum atomic E-state index is -0.249. The van der Waals surface area contributed by atoms with Crippen molar-refractivity contribution < 1.29 is 0 Å². The second kappa shape index (κ2) is 6.98. The first-order valence-corrected chi connectivity index (χ1v) is 9.32. The second-order valence-electron chi connectivity index (χ2n) is 7.25. The zero-order valence-corrected chi connectivity index (χ0v) is 16.6. The van der Waals surface area contributed by atoms with E-state index in [-0.39, 0.29) is 11.1 Å². The smallest absolute Gasteiger partial charge is 0.279 e. The predicted octanol–water partition coefficient (Wildman–Crippen LogP) is 1.81. The Labute approximate surface area is 167 Å². The quantitative estimate of drug-likeness (QED) is 0.563. The Bertz CT molecular complexity index is 1410. The standard InChI is InChI=1S/C23H22N4O2/c1-14-5-9-18(10-6-14)26-22(28)20(16(3)24-26)13-21-17(4)25-27(23(21)29)19-11-7-15(2)8-12-19/h5-13,24-25H,3H2,1-2,4H3/b20-13-. The highest BCUT2D eigenvalue weighted by Crippen LogP contribution is 2.09. The van der Waals surface area contributed by atoms with Gasteiger partial charge >= 0.3 is 0 Å². The number of aromatic nitrogens is 4. The zero-order valence-electron chi connectivity index (χ0n) is 16.6. The van der Waals surface area contributed by atoms with Gasteiger partial charge in [0.25, 0.3) is 11.1 Å². The largest absolute Gasteiger partial charge is 0.295 e. The van der Waals surface area contributed by atoms with Crippen molar-refractivity contribution in [1.29, 1.82) is 0 Å². The average Bonchev–Trinajstić information content (AvgIpc) is 3.14. The van der Waals surface area contributed by atoms with Crippen molar-refractivity contribution in [3.05, 3.63) is 102 Å². The fraction of sp³-hybridized carbons (Fsp3) is 0.130. The third-order valence-electron chi connectivity index (χ3n) is 5.00. The number of nitrogens with zero attached hydrogens (tertiary/aromatic N) is 2. The molecular weight excluding hydrogens is 364 g/mol. The molecule has 0 spiro atoms. The Morgan fingerprint density at radius 1 is 0.759 bits per heavy atom. The Kier molecular flexibility index (Phi) is 4.47. The molecular formula is C23H22N4O2. The van der Waals surface area contributed by atoms with Crippen LogP contribution in [-0.4, -0.2) is 19.6 Å². The summed E-state index contributed by atoms with van der Waals surface area (Å²) in [6.07, 6.45) is 1.60. The Morgan fingerprint density at radius 3 is 1.76 bits per heavy atom. The lowest BCUT2D eigenvalue weighted by Crippen LogP contribution is -2.34. The molecule has 29 heavy (non-hydrogen) atoms. The fourth-order valence-electron chi connectivity index (χ4n) is 3.27. The van der Waals surface area contributed by atoms with Crippen molar-refractivity contribution in [2.75, 3.05) is 0 Å². The summed E-state index contributed by atoms with van der Waals surface area (Å²) < 4.78 is 2.92. The van der Waals surface area contributed by atoms with Crippen molar-refractivity contribution in [1.82, 2.24) is 19.6 Å². The van der Waals surface area contributed by atoms with Gasteiger partial charge in [0.1, 0.15) is 0 Å². The molecule has 0 aliphatic carbocycles. The molecule has 4 aromatic rings. The Morgan fingerprint density at radius 2 is 1.24 bits per heavy atom. The van der Waals surface area contributed by atoms with Crippen LogP contribution in [-0.2, 0) is 0 Å². The monoisotopic (exact) mass is 386 g/mol. The van der Waals surface area contributed by atoms with Gasteiger partial charge in [0.15, 0.2) is 0 Å². The first-order valence-electron chi connectivity index (χ1n) is 9.32. The fourth-order valence-corrected chi connectivity index (χ4v) is 3.27. The van der Waals surface area contributed by atoms with Gasteiger partial charge in [-0.3, -0.25) is 19.8 Å². The van der Waals surface area contributed by atoms with Gasteiger partial charge in [-0.25, -0.2) is 9.36 Å². The normalized spacial score (nSPS) is 11.9. The van der Waals surface area contributed by atoms with Crippen molar-refractivity contribution in [3.63, 3.8) is 0 Å². The van der Waals surface area contributed by atoms with Crippen LogP contribution in [0.2, 0.25) is 0 Å². The maximum Gasteiger partial charge on any atom is 0.279 e. The summed E-state index contributed by atoms with van der Waals surface area (Å²) >= 11 is 0. The van der Waals surface area contributed by atoms with Crippen LogP contribution in [0.4, 0.5) is 0 Å². The first kappa shape index (κ1) is 18.6. The highest BCUT2D eigenvalue weighted by atomic mass is 16.1. The third kappa shape index (κ3) is 3.29. The van der Waals surface area contributed by atoms with Gasteiger partial charge in [-0.2, -0.15) is 0 Å². The van der Waals surface area contributed by atoms with E-state index in [2.05, 4.69) is 16.8 Å². The van der Waals surface area contributed by atoms with Crippen LogP contribution >= 0.6 is 0 Å². The molecule has 0 radical (unpaired) electrons. The molecule has 6 heteroatoms. The molecule has 2 aromatic carbocycles.